The SMILES string of the molecule is O=C(OC(=O)C(F)(F)F)c1[nH]nnc1SC1CCN(c2ccc(Cl)c(Cl)c2)CC1. The van der Waals surface area contributed by atoms with Gasteiger partial charge in [-0.1, -0.05) is 40.2 Å². The number of ether oxygens (including phenoxy) is 1. The second-order valence-electron chi connectivity index (χ2n) is 6.07. The number of rotatable bonds is 4. The Morgan fingerprint density at radius 2 is 1.90 bits per heavy atom. The lowest BCUT2D eigenvalue weighted by Gasteiger charge is -2.33. The summed E-state index contributed by atoms with van der Waals surface area (Å²) >= 11 is 13.2. The van der Waals surface area contributed by atoms with Crippen molar-refractivity contribution in [2.24, 2.45) is 0 Å². The Labute approximate surface area is 176 Å². The zero-order valence-electron chi connectivity index (χ0n) is 14.5. The van der Waals surface area contributed by atoms with Crippen molar-refractivity contribution in [3.8, 4) is 0 Å². The fourth-order valence-electron chi connectivity index (χ4n) is 2.70. The summed E-state index contributed by atoms with van der Waals surface area (Å²) in [5.74, 6) is -4.07. The predicted octanol–water partition coefficient (Wildman–Crippen LogP) is 4.12. The van der Waals surface area contributed by atoms with Crippen molar-refractivity contribution < 1.29 is 27.5 Å². The number of halogens is 5. The zero-order chi connectivity index (χ0) is 21.2. The van der Waals surface area contributed by atoms with Gasteiger partial charge < -0.3 is 9.64 Å². The van der Waals surface area contributed by atoms with Crippen molar-refractivity contribution in [3.63, 3.8) is 0 Å². The smallest absolute Gasteiger partial charge is 0.381 e. The quantitative estimate of drug-likeness (QED) is 0.533. The number of carbonyl (C=O) groups excluding carboxylic acids is 2. The Bertz CT molecular complexity index is 917. The predicted molar refractivity (Wildman–Crippen MR) is 100 cm³/mol. The average Bonchev–Trinajstić information content (AvgIpc) is 3.12. The number of alkyl halides is 3. The number of aromatic nitrogens is 3. The van der Waals surface area contributed by atoms with Gasteiger partial charge >= 0.3 is 18.1 Å². The van der Waals surface area contributed by atoms with Gasteiger partial charge in [0.05, 0.1) is 10.0 Å². The third-order valence-electron chi connectivity index (χ3n) is 4.13. The maximum Gasteiger partial charge on any atom is 0.491 e. The lowest BCUT2D eigenvalue weighted by molar-refractivity contribution is -0.193. The fourth-order valence-corrected chi connectivity index (χ4v) is 4.09. The van der Waals surface area contributed by atoms with Crippen molar-refractivity contribution in [2.75, 3.05) is 18.0 Å². The van der Waals surface area contributed by atoms with E-state index >= 15 is 0 Å². The molecule has 1 aromatic heterocycles. The van der Waals surface area contributed by atoms with Crippen LogP contribution in [0.25, 0.3) is 0 Å². The Balaban J connectivity index is 1.59. The number of hydrogen-bond acceptors (Lipinski definition) is 7. The average molecular weight is 469 g/mol. The van der Waals surface area contributed by atoms with Gasteiger partial charge in [-0.05, 0) is 31.0 Å². The van der Waals surface area contributed by atoms with Crippen LogP contribution in [0, 0.1) is 0 Å². The number of carbonyl (C=O) groups is 2. The molecule has 2 heterocycles. The maximum absolute atomic E-state index is 12.3. The van der Waals surface area contributed by atoms with Crippen LogP contribution >= 0.6 is 35.0 Å². The van der Waals surface area contributed by atoms with Crippen LogP contribution in [0.1, 0.15) is 23.3 Å². The van der Waals surface area contributed by atoms with Crippen molar-refractivity contribution in [3.05, 3.63) is 33.9 Å². The van der Waals surface area contributed by atoms with Gasteiger partial charge in [0.25, 0.3) is 0 Å². The molecule has 0 spiro atoms. The maximum atomic E-state index is 12.3. The number of esters is 2. The Morgan fingerprint density at radius 1 is 1.21 bits per heavy atom. The Kier molecular flexibility index (Phi) is 6.59. The summed E-state index contributed by atoms with van der Waals surface area (Å²) in [7, 11) is 0. The first-order chi connectivity index (χ1) is 13.6. The van der Waals surface area contributed by atoms with Crippen LogP contribution in [0.2, 0.25) is 10.0 Å². The van der Waals surface area contributed by atoms with Crippen LogP contribution in [-0.4, -0.2) is 51.9 Å². The van der Waals surface area contributed by atoms with Gasteiger partial charge in [-0.3, -0.25) is 0 Å². The summed E-state index contributed by atoms with van der Waals surface area (Å²) in [6, 6.07) is 5.36. The zero-order valence-corrected chi connectivity index (χ0v) is 16.8. The van der Waals surface area contributed by atoms with E-state index in [4.69, 9.17) is 23.2 Å². The highest BCUT2D eigenvalue weighted by atomic mass is 35.5. The fraction of sp³-hybridized carbons (Fsp3) is 0.375. The third kappa shape index (κ3) is 5.34. The van der Waals surface area contributed by atoms with Gasteiger partial charge in [-0.25, -0.2) is 14.7 Å². The second-order valence-corrected chi connectivity index (χ2v) is 8.17. The third-order valence-corrected chi connectivity index (χ3v) is 6.18. The van der Waals surface area contributed by atoms with E-state index < -0.39 is 18.1 Å². The number of thioether (sulfide) groups is 1. The monoisotopic (exact) mass is 468 g/mol. The Hall–Kier alpha value is -1.98. The van der Waals surface area contributed by atoms with Crippen molar-refractivity contribution >= 4 is 52.6 Å². The molecule has 0 radical (unpaired) electrons. The molecule has 0 aliphatic carbocycles. The van der Waals surface area contributed by atoms with Crippen LogP contribution in [0.3, 0.4) is 0 Å². The normalized spacial score (nSPS) is 15.4. The summed E-state index contributed by atoms with van der Waals surface area (Å²) in [6.45, 7) is 1.39. The molecular formula is C16H13Cl2F3N4O3S. The largest absolute Gasteiger partial charge is 0.491 e. The van der Waals surface area contributed by atoms with Crippen molar-refractivity contribution in [1.29, 1.82) is 0 Å². The first kappa shape index (κ1) is 21.7. The number of H-pyrrole nitrogens is 1. The molecule has 2 aromatic rings. The van der Waals surface area contributed by atoms with Gasteiger partial charge in [0, 0.05) is 24.0 Å². The molecule has 13 heteroatoms. The summed E-state index contributed by atoms with van der Waals surface area (Å²) in [5.41, 5.74) is 0.540. The van der Waals surface area contributed by atoms with Gasteiger partial charge in [-0.2, -0.15) is 13.2 Å². The molecule has 0 atom stereocenters. The number of nitrogens with zero attached hydrogens (tertiary/aromatic N) is 3. The number of benzene rings is 1. The van der Waals surface area contributed by atoms with E-state index in [-0.39, 0.29) is 16.0 Å². The molecule has 0 amide bonds. The minimum Gasteiger partial charge on any atom is -0.381 e. The van der Waals surface area contributed by atoms with E-state index in [0.717, 1.165) is 5.69 Å². The van der Waals surface area contributed by atoms with E-state index in [1.807, 2.05) is 6.07 Å². The first-order valence-corrected chi connectivity index (χ1v) is 9.89. The molecule has 3 rings (SSSR count). The van der Waals surface area contributed by atoms with E-state index in [0.29, 0.717) is 36.0 Å². The van der Waals surface area contributed by atoms with Gasteiger partial charge in [0.15, 0.2) is 10.7 Å². The number of piperidine rings is 1. The first-order valence-electron chi connectivity index (χ1n) is 8.26. The Morgan fingerprint density at radius 3 is 2.52 bits per heavy atom. The molecule has 1 fully saturated rings. The van der Waals surface area contributed by atoms with E-state index in [1.165, 1.54) is 11.8 Å². The minimum atomic E-state index is -5.27. The molecule has 156 valence electrons. The van der Waals surface area contributed by atoms with E-state index in [1.54, 1.807) is 12.1 Å². The molecule has 0 bridgehead atoms. The van der Waals surface area contributed by atoms with Crippen LogP contribution in [0.4, 0.5) is 18.9 Å². The van der Waals surface area contributed by atoms with Gasteiger partial charge in [0.1, 0.15) is 0 Å². The molecule has 1 N–H and O–H groups in total. The molecular weight excluding hydrogens is 456 g/mol. The summed E-state index contributed by atoms with van der Waals surface area (Å²) in [4.78, 5) is 24.8. The molecule has 1 aromatic carbocycles. The molecule has 7 nitrogen and oxygen atoms in total. The van der Waals surface area contributed by atoms with E-state index in [2.05, 4.69) is 25.0 Å². The van der Waals surface area contributed by atoms with Crippen LogP contribution < -0.4 is 4.90 Å². The molecule has 1 saturated heterocycles. The standard InChI is InChI=1S/C16H13Cl2F3N4O3S/c17-10-2-1-8(7-11(10)18)25-5-3-9(4-6-25)29-13-12(22-24-23-13)14(26)28-15(27)16(19,20)21/h1-2,7,9H,3-6H2,(H,22,23,24). The molecule has 0 saturated carbocycles. The number of nitrogens with one attached hydrogen (secondary N) is 1. The van der Waals surface area contributed by atoms with E-state index in [9.17, 15) is 22.8 Å². The summed E-state index contributed by atoms with van der Waals surface area (Å²) in [5, 5.41) is 10.4. The van der Waals surface area contributed by atoms with Gasteiger partial charge in [-0.15, -0.1) is 5.10 Å². The number of anilines is 1. The molecule has 1 aliphatic rings. The summed E-state index contributed by atoms with van der Waals surface area (Å²) in [6.07, 6.45) is -3.84. The van der Waals surface area contributed by atoms with Gasteiger partial charge in [0.2, 0.25) is 0 Å². The van der Waals surface area contributed by atoms with Crippen molar-refractivity contribution in [1.82, 2.24) is 15.4 Å². The lowest BCUT2D eigenvalue weighted by atomic mass is 10.1. The second kappa shape index (κ2) is 8.80. The highest BCUT2D eigenvalue weighted by molar-refractivity contribution is 7.99. The molecule has 29 heavy (non-hydrogen) atoms. The van der Waals surface area contributed by atoms with Crippen LogP contribution in [-0.2, 0) is 9.53 Å². The minimum absolute atomic E-state index is 0.0454. The highest BCUT2D eigenvalue weighted by Gasteiger charge is 2.43. The summed E-state index contributed by atoms with van der Waals surface area (Å²) < 4.78 is 40.6. The highest BCUT2D eigenvalue weighted by Crippen LogP contribution is 2.34. The lowest BCUT2D eigenvalue weighted by Crippen LogP contribution is -2.34. The number of hydrogen-bond donors (Lipinski definition) is 1. The number of aromatic amines is 1. The van der Waals surface area contributed by atoms with Crippen LogP contribution in [0.5, 0.6) is 0 Å². The topological polar surface area (TPSA) is 88.2 Å². The molecule has 1 aliphatic heterocycles. The van der Waals surface area contributed by atoms with Crippen LogP contribution in [0.15, 0.2) is 23.2 Å². The van der Waals surface area contributed by atoms with Crippen molar-refractivity contribution in [2.45, 2.75) is 29.3 Å². The molecule has 0 unspecified atom stereocenters.